The molecule has 1 unspecified atom stereocenters. The van der Waals surface area contributed by atoms with Crippen molar-refractivity contribution in [2.24, 2.45) is 0 Å². The SMILES string of the molecule is Cc1cc(C2CCCN2C(=O)c2cnc3nc[nH]c3c2)no1. The quantitative estimate of drug-likeness (QED) is 0.783. The van der Waals surface area contributed by atoms with Crippen LogP contribution < -0.4 is 0 Å². The molecular weight excluding hydrogens is 282 g/mol. The number of aromatic nitrogens is 4. The van der Waals surface area contributed by atoms with Crippen LogP contribution in [0.4, 0.5) is 0 Å². The summed E-state index contributed by atoms with van der Waals surface area (Å²) in [6.45, 7) is 2.57. The van der Waals surface area contributed by atoms with Crippen molar-refractivity contribution in [1.82, 2.24) is 25.0 Å². The second kappa shape index (κ2) is 4.94. The first kappa shape index (κ1) is 13.0. The van der Waals surface area contributed by atoms with E-state index in [4.69, 9.17) is 4.52 Å². The van der Waals surface area contributed by atoms with Gasteiger partial charge in [-0.1, -0.05) is 5.16 Å². The van der Waals surface area contributed by atoms with E-state index in [0.717, 1.165) is 36.4 Å². The zero-order chi connectivity index (χ0) is 15.1. The van der Waals surface area contributed by atoms with Crippen molar-refractivity contribution in [3.63, 3.8) is 0 Å². The van der Waals surface area contributed by atoms with Crippen molar-refractivity contribution in [3.05, 3.63) is 41.7 Å². The van der Waals surface area contributed by atoms with Crippen molar-refractivity contribution in [2.45, 2.75) is 25.8 Å². The van der Waals surface area contributed by atoms with Crippen LogP contribution >= 0.6 is 0 Å². The second-order valence-corrected chi connectivity index (χ2v) is 5.52. The molecule has 1 aliphatic heterocycles. The minimum Gasteiger partial charge on any atom is -0.361 e. The molecular formula is C15H15N5O2. The third-order valence-electron chi connectivity index (χ3n) is 4.02. The molecule has 0 aliphatic carbocycles. The number of aryl methyl sites for hydroxylation is 1. The molecule has 7 nitrogen and oxygen atoms in total. The smallest absolute Gasteiger partial charge is 0.256 e. The molecule has 4 rings (SSSR count). The van der Waals surface area contributed by atoms with E-state index >= 15 is 0 Å². The molecule has 112 valence electrons. The monoisotopic (exact) mass is 297 g/mol. The maximum absolute atomic E-state index is 12.8. The number of hydrogen-bond donors (Lipinski definition) is 1. The van der Waals surface area contributed by atoms with Crippen molar-refractivity contribution in [2.75, 3.05) is 6.54 Å². The normalized spacial score (nSPS) is 18.2. The Kier molecular flexibility index (Phi) is 2.92. The van der Waals surface area contributed by atoms with Crippen molar-refractivity contribution < 1.29 is 9.32 Å². The number of aromatic amines is 1. The molecule has 1 amide bonds. The van der Waals surface area contributed by atoms with E-state index in [-0.39, 0.29) is 11.9 Å². The first-order chi connectivity index (χ1) is 10.7. The van der Waals surface area contributed by atoms with Gasteiger partial charge in [0.15, 0.2) is 5.65 Å². The van der Waals surface area contributed by atoms with Gasteiger partial charge in [0.1, 0.15) is 11.5 Å². The highest BCUT2D eigenvalue weighted by molar-refractivity contribution is 5.96. The lowest BCUT2D eigenvalue weighted by molar-refractivity contribution is 0.0730. The third kappa shape index (κ3) is 2.05. The number of pyridine rings is 1. The van der Waals surface area contributed by atoms with Gasteiger partial charge in [-0.25, -0.2) is 9.97 Å². The van der Waals surface area contributed by atoms with Crippen LogP contribution in [-0.2, 0) is 0 Å². The standard InChI is InChI=1S/C15H15N5O2/c1-9-5-11(19-22-9)13-3-2-4-20(13)15(21)10-6-12-14(16-7-10)18-8-17-12/h5-8,13H,2-4H2,1H3,(H,16,17,18). The predicted octanol–water partition coefficient (Wildman–Crippen LogP) is 2.23. The Morgan fingerprint density at radius 1 is 1.41 bits per heavy atom. The van der Waals surface area contributed by atoms with Gasteiger partial charge in [-0.2, -0.15) is 0 Å². The molecule has 4 heterocycles. The number of carbonyl (C=O) groups excluding carboxylic acids is 1. The number of hydrogen-bond acceptors (Lipinski definition) is 5. The summed E-state index contributed by atoms with van der Waals surface area (Å²) in [7, 11) is 0. The molecule has 0 aromatic carbocycles. The molecule has 0 radical (unpaired) electrons. The Morgan fingerprint density at radius 2 is 2.32 bits per heavy atom. The highest BCUT2D eigenvalue weighted by Gasteiger charge is 2.32. The number of nitrogens with one attached hydrogen (secondary N) is 1. The van der Waals surface area contributed by atoms with E-state index in [1.165, 1.54) is 0 Å². The van der Waals surface area contributed by atoms with Crippen LogP contribution in [0, 0.1) is 6.92 Å². The summed E-state index contributed by atoms with van der Waals surface area (Å²) in [4.78, 5) is 25.9. The van der Waals surface area contributed by atoms with E-state index in [9.17, 15) is 4.79 Å². The van der Waals surface area contributed by atoms with Gasteiger partial charge in [0, 0.05) is 18.8 Å². The predicted molar refractivity (Wildman–Crippen MR) is 78.1 cm³/mol. The molecule has 22 heavy (non-hydrogen) atoms. The van der Waals surface area contributed by atoms with E-state index in [1.54, 1.807) is 18.6 Å². The molecule has 1 aliphatic rings. The van der Waals surface area contributed by atoms with Gasteiger partial charge in [0.05, 0.1) is 23.4 Å². The number of rotatable bonds is 2. The lowest BCUT2D eigenvalue weighted by Gasteiger charge is -2.22. The number of nitrogens with zero attached hydrogens (tertiary/aromatic N) is 4. The van der Waals surface area contributed by atoms with Crippen LogP contribution in [0.15, 0.2) is 29.2 Å². The Hall–Kier alpha value is -2.70. The van der Waals surface area contributed by atoms with Crippen LogP contribution in [0.3, 0.4) is 0 Å². The van der Waals surface area contributed by atoms with Crippen molar-refractivity contribution in [1.29, 1.82) is 0 Å². The van der Waals surface area contributed by atoms with E-state index in [2.05, 4.69) is 20.1 Å². The van der Waals surface area contributed by atoms with E-state index in [0.29, 0.717) is 11.2 Å². The zero-order valence-electron chi connectivity index (χ0n) is 12.1. The lowest BCUT2D eigenvalue weighted by Crippen LogP contribution is -2.30. The fourth-order valence-corrected chi connectivity index (χ4v) is 2.97. The summed E-state index contributed by atoms with van der Waals surface area (Å²) in [6, 6.07) is 3.66. The Balaban J connectivity index is 1.65. The summed E-state index contributed by atoms with van der Waals surface area (Å²) in [5.41, 5.74) is 2.75. The summed E-state index contributed by atoms with van der Waals surface area (Å²) in [5.74, 6) is 0.724. The summed E-state index contributed by atoms with van der Waals surface area (Å²) in [5, 5.41) is 4.07. The Bertz CT molecular complexity index is 837. The minimum atomic E-state index is -0.0350. The highest BCUT2D eigenvalue weighted by Crippen LogP contribution is 2.32. The van der Waals surface area contributed by atoms with Gasteiger partial charge in [0.2, 0.25) is 0 Å². The highest BCUT2D eigenvalue weighted by atomic mass is 16.5. The van der Waals surface area contributed by atoms with Gasteiger partial charge in [-0.05, 0) is 25.8 Å². The largest absolute Gasteiger partial charge is 0.361 e. The molecule has 1 N–H and O–H groups in total. The molecule has 7 heteroatoms. The lowest BCUT2D eigenvalue weighted by atomic mass is 10.1. The maximum atomic E-state index is 12.8. The average molecular weight is 297 g/mol. The number of amides is 1. The number of H-pyrrole nitrogens is 1. The summed E-state index contributed by atoms with van der Waals surface area (Å²) >= 11 is 0. The number of carbonyl (C=O) groups is 1. The Labute approximate surface area is 126 Å². The molecule has 3 aromatic heterocycles. The van der Waals surface area contributed by atoms with Gasteiger partial charge in [0.25, 0.3) is 5.91 Å². The van der Waals surface area contributed by atoms with E-state index < -0.39 is 0 Å². The van der Waals surface area contributed by atoms with Crippen LogP contribution in [0.2, 0.25) is 0 Å². The topological polar surface area (TPSA) is 87.9 Å². The van der Waals surface area contributed by atoms with Crippen LogP contribution in [0.25, 0.3) is 11.2 Å². The second-order valence-electron chi connectivity index (χ2n) is 5.52. The fourth-order valence-electron chi connectivity index (χ4n) is 2.97. The average Bonchev–Trinajstić information content (AvgIpc) is 3.25. The fraction of sp³-hybridized carbons (Fsp3) is 0.333. The maximum Gasteiger partial charge on any atom is 0.256 e. The van der Waals surface area contributed by atoms with Gasteiger partial charge >= 0.3 is 0 Å². The van der Waals surface area contributed by atoms with Gasteiger partial charge in [-0.3, -0.25) is 4.79 Å². The molecule has 0 saturated carbocycles. The minimum absolute atomic E-state index is 0.0255. The number of likely N-dealkylation sites (tertiary alicyclic amines) is 1. The van der Waals surface area contributed by atoms with E-state index in [1.807, 2.05) is 17.9 Å². The zero-order valence-corrected chi connectivity index (χ0v) is 12.1. The molecule has 1 fully saturated rings. The van der Waals surface area contributed by atoms with Gasteiger partial charge in [-0.15, -0.1) is 0 Å². The molecule has 3 aromatic rings. The molecule has 0 bridgehead atoms. The van der Waals surface area contributed by atoms with Gasteiger partial charge < -0.3 is 14.4 Å². The van der Waals surface area contributed by atoms with Crippen molar-refractivity contribution >= 4 is 17.1 Å². The Morgan fingerprint density at radius 3 is 3.14 bits per heavy atom. The van der Waals surface area contributed by atoms with Crippen LogP contribution in [0.1, 0.15) is 40.7 Å². The third-order valence-corrected chi connectivity index (χ3v) is 4.02. The summed E-state index contributed by atoms with van der Waals surface area (Å²) < 4.78 is 5.14. The first-order valence-corrected chi connectivity index (χ1v) is 7.26. The number of imidazole rings is 1. The summed E-state index contributed by atoms with van der Waals surface area (Å²) in [6.07, 6.45) is 5.01. The first-order valence-electron chi connectivity index (χ1n) is 7.26. The van der Waals surface area contributed by atoms with Crippen LogP contribution in [-0.4, -0.2) is 37.5 Å². The number of fused-ring (bicyclic) bond motifs is 1. The molecule has 1 saturated heterocycles. The molecule has 0 spiro atoms. The van der Waals surface area contributed by atoms with Crippen molar-refractivity contribution in [3.8, 4) is 0 Å². The van der Waals surface area contributed by atoms with Crippen LogP contribution in [0.5, 0.6) is 0 Å². The molecule has 1 atom stereocenters.